The fraction of sp³-hybridized carbons (Fsp3) is 0.333. The van der Waals surface area contributed by atoms with Gasteiger partial charge in [0.05, 0.1) is 0 Å². The van der Waals surface area contributed by atoms with Gasteiger partial charge in [0.15, 0.2) is 10.3 Å². The molecule has 1 heterocycles. The van der Waals surface area contributed by atoms with E-state index in [1.165, 1.54) is 0 Å². The van der Waals surface area contributed by atoms with Crippen molar-refractivity contribution in [1.82, 2.24) is 9.97 Å². The van der Waals surface area contributed by atoms with Gasteiger partial charge in [-0.2, -0.15) is 0 Å². The molecule has 3 nitrogen and oxygen atoms in total. The van der Waals surface area contributed by atoms with Gasteiger partial charge in [0.1, 0.15) is 0 Å². The van der Waals surface area contributed by atoms with E-state index >= 15 is 0 Å². The second-order valence-corrected chi connectivity index (χ2v) is 2.77. The van der Waals surface area contributed by atoms with Gasteiger partial charge in [0, 0.05) is 18.8 Å². The predicted molar refractivity (Wildman–Crippen MR) is 39.7 cm³/mol. The summed E-state index contributed by atoms with van der Waals surface area (Å²) in [4.78, 5) is 17.5. The first-order chi connectivity index (χ1) is 4.83. The minimum absolute atomic E-state index is 0.134. The Labute approximate surface area is 63.2 Å². The SMILES string of the molecule is CCC(=O)Sc1ncc[nH]1. The van der Waals surface area contributed by atoms with Crippen molar-refractivity contribution in [2.24, 2.45) is 0 Å². The molecule has 0 aliphatic carbocycles. The van der Waals surface area contributed by atoms with Gasteiger partial charge in [-0.25, -0.2) is 4.98 Å². The quantitative estimate of drug-likeness (QED) is 0.659. The second kappa shape index (κ2) is 3.41. The van der Waals surface area contributed by atoms with Crippen molar-refractivity contribution >= 4 is 16.9 Å². The number of hydrogen-bond donors (Lipinski definition) is 1. The lowest BCUT2D eigenvalue weighted by Gasteiger charge is -1.89. The molecule has 1 aromatic rings. The molecular weight excluding hydrogens is 148 g/mol. The van der Waals surface area contributed by atoms with Gasteiger partial charge in [-0.3, -0.25) is 4.79 Å². The molecule has 1 rings (SSSR count). The number of carbonyl (C=O) groups is 1. The lowest BCUT2D eigenvalue weighted by Crippen LogP contribution is -1.87. The fourth-order valence-electron chi connectivity index (χ4n) is 0.487. The molecule has 0 aromatic carbocycles. The van der Waals surface area contributed by atoms with Crippen LogP contribution in [0, 0.1) is 0 Å². The normalized spacial score (nSPS) is 9.70. The Kier molecular flexibility index (Phi) is 2.50. The van der Waals surface area contributed by atoms with Crippen LogP contribution in [-0.2, 0) is 4.79 Å². The minimum atomic E-state index is 0.134. The van der Waals surface area contributed by atoms with Gasteiger partial charge in [-0.15, -0.1) is 0 Å². The largest absolute Gasteiger partial charge is 0.339 e. The van der Waals surface area contributed by atoms with Crippen molar-refractivity contribution in [1.29, 1.82) is 0 Å². The summed E-state index contributed by atoms with van der Waals surface area (Å²) in [6.07, 6.45) is 3.88. The number of H-pyrrole nitrogens is 1. The fourth-order valence-corrected chi connectivity index (χ4v) is 1.09. The molecule has 54 valence electrons. The molecule has 1 aromatic heterocycles. The van der Waals surface area contributed by atoms with Crippen LogP contribution >= 0.6 is 11.8 Å². The van der Waals surface area contributed by atoms with Crippen LogP contribution in [0.2, 0.25) is 0 Å². The van der Waals surface area contributed by atoms with E-state index in [0.29, 0.717) is 11.6 Å². The van der Waals surface area contributed by atoms with Crippen LogP contribution in [0.25, 0.3) is 0 Å². The van der Waals surface area contributed by atoms with E-state index in [1.54, 1.807) is 12.4 Å². The van der Waals surface area contributed by atoms with Crippen molar-refractivity contribution in [2.45, 2.75) is 18.5 Å². The molecule has 0 radical (unpaired) electrons. The molecule has 0 unspecified atom stereocenters. The summed E-state index contributed by atoms with van der Waals surface area (Å²) >= 11 is 1.14. The minimum Gasteiger partial charge on any atom is -0.339 e. The zero-order chi connectivity index (χ0) is 7.40. The van der Waals surface area contributed by atoms with Crippen molar-refractivity contribution in [3.05, 3.63) is 12.4 Å². The highest BCUT2D eigenvalue weighted by Gasteiger charge is 2.01. The number of nitrogens with zero attached hydrogens (tertiary/aromatic N) is 1. The number of imidazole rings is 1. The lowest BCUT2D eigenvalue weighted by atomic mass is 10.6. The van der Waals surface area contributed by atoms with E-state index in [-0.39, 0.29) is 5.12 Å². The summed E-state index contributed by atoms with van der Waals surface area (Å²) in [5.74, 6) is 0. The molecule has 0 aliphatic heterocycles. The molecule has 0 bridgehead atoms. The third kappa shape index (κ3) is 1.88. The highest BCUT2D eigenvalue weighted by atomic mass is 32.2. The van der Waals surface area contributed by atoms with Gasteiger partial charge < -0.3 is 4.98 Å². The van der Waals surface area contributed by atoms with E-state index in [2.05, 4.69) is 9.97 Å². The molecule has 0 fully saturated rings. The first-order valence-electron chi connectivity index (χ1n) is 3.03. The molecule has 0 atom stereocenters. The van der Waals surface area contributed by atoms with Crippen molar-refractivity contribution in [3.8, 4) is 0 Å². The van der Waals surface area contributed by atoms with Gasteiger partial charge in [-0.1, -0.05) is 6.92 Å². The average Bonchev–Trinajstić information content (AvgIpc) is 2.40. The molecule has 0 amide bonds. The first-order valence-corrected chi connectivity index (χ1v) is 3.84. The standard InChI is InChI=1S/C6H8N2OS/c1-2-5(9)10-6-7-3-4-8-6/h3-4H,2H2,1H3,(H,7,8). The Hall–Kier alpha value is -0.770. The van der Waals surface area contributed by atoms with Crippen LogP contribution in [-0.4, -0.2) is 15.1 Å². The van der Waals surface area contributed by atoms with E-state index in [1.807, 2.05) is 6.92 Å². The van der Waals surface area contributed by atoms with Gasteiger partial charge in [0.2, 0.25) is 0 Å². The number of carbonyl (C=O) groups excluding carboxylic acids is 1. The zero-order valence-corrected chi connectivity index (χ0v) is 6.44. The van der Waals surface area contributed by atoms with Crippen LogP contribution in [0.5, 0.6) is 0 Å². The third-order valence-electron chi connectivity index (χ3n) is 0.972. The third-order valence-corrected chi connectivity index (χ3v) is 1.91. The predicted octanol–water partition coefficient (Wildman–Crippen LogP) is 1.44. The molecular formula is C6H8N2OS. The van der Waals surface area contributed by atoms with E-state index in [9.17, 15) is 4.79 Å². The van der Waals surface area contributed by atoms with Crippen molar-refractivity contribution < 1.29 is 4.79 Å². The summed E-state index contributed by atoms with van der Waals surface area (Å²) in [7, 11) is 0. The van der Waals surface area contributed by atoms with Gasteiger partial charge in [-0.05, 0) is 11.8 Å². The Bertz CT molecular complexity index is 208. The Morgan fingerprint density at radius 2 is 2.70 bits per heavy atom. The number of hydrogen-bond acceptors (Lipinski definition) is 3. The number of aromatic nitrogens is 2. The summed E-state index contributed by atoms with van der Waals surface area (Å²) in [5, 5.41) is 0.807. The Morgan fingerprint density at radius 1 is 1.90 bits per heavy atom. The van der Waals surface area contributed by atoms with Gasteiger partial charge in [0.25, 0.3) is 0 Å². The van der Waals surface area contributed by atoms with Crippen LogP contribution in [0.3, 0.4) is 0 Å². The molecule has 1 N–H and O–H groups in total. The van der Waals surface area contributed by atoms with E-state index in [0.717, 1.165) is 11.8 Å². The average molecular weight is 156 g/mol. The summed E-state index contributed by atoms with van der Waals surface area (Å²) in [6, 6.07) is 0. The van der Waals surface area contributed by atoms with Crippen LogP contribution < -0.4 is 0 Å². The summed E-state index contributed by atoms with van der Waals surface area (Å²) < 4.78 is 0. The molecule has 0 saturated carbocycles. The smallest absolute Gasteiger partial charge is 0.196 e. The van der Waals surface area contributed by atoms with Crippen molar-refractivity contribution in [2.75, 3.05) is 0 Å². The van der Waals surface area contributed by atoms with E-state index in [4.69, 9.17) is 0 Å². The van der Waals surface area contributed by atoms with Crippen molar-refractivity contribution in [3.63, 3.8) is 0 Å². The molecule has 10 heavy (non-hydrogen) atoms. The van der Waals surface area contributed by atoms with Crippen LogP contribution in [0.15, 0.2) is 17.6 Å². The van der Waals surface area contributed by atoms with E-state index < -0.39 is 0 Å². The molecule has 4 heteroatoms. The molecule has 0 saturated heterocycles. The number of thioether (sulfide) groups is 1. The highest BCUT2D eigenvalue weighted by Crippen LogP contribution is 2.13. The first kappa shape index (κ1) is 7.34. The van der Waals surface area contributed by atoms with Gasteiger partial charge >= 0.3 is 0 Å². The Morgan fingerprint density at radius 3 is 3.20 bits per heavy atom. The highest BCUT2D eigenvalue weighted by molar-refractivity contribution is 8.13. The monoisotopic (exact) mass is 156 g/mol. The number of nitrogens with one attached hydrogen (secondary N) is 1. The topological polar surface area (TPSA) is 45.8 Å². The molecule has 0 spiro atoms. The van der Waals surface area contributed by atoms with Crippen LogP contribution in [0.4, 0.5) is 0 Å². The number of aromatic amines is 1. The van der Waals surface area contributed by atoms with Crippen LogP contribution in [0.1, 0.15) is 13.3 Å². The molecule has 0 aliphatic rings. The Balaban J connectivity index is 2.48. The number of rotatable bonds is 2. The maximum Gasteiger partial charge on any atom is 0.196 e. The summed E-state index contributed by atoms with van der Waals surface area (Å²) in [6.45, 7) is 1.83. The zero-order valence-electron chi connectivity index (χ0n) is 5.63. The maximum atomic E-state index is 10.8. The summed E-state index contributed by atoms with van der Waals surface area (Å²) in [5.41, 5.74) is 0. The second-order valence-electron chi connectivity index (χ2n) is 1.72. The lowest BCUT2D eigenvalue weighted by molar-refractivity contribution is -0.110. The maximum absolute atomic E-state index is 10.8.